The van der Waals surface area contributed by atoms with Crippen LogP contribution >= 0.6 is 0 Å². The van der Waals surface area contributed by atoms with Gasteiger partial charge < -0.3 is 19.7 Å². The Labute approximate surface area is 153 Å². The molecule has 6 heteroatoms. The van der Waals surface area contributed by atoms with Crippen LogP contribution in [-0.2, 0) is 11.3 Å². The molecule has 2 aromatic rings. The Balaban J connectivity index is 1.61. The molecule has 0 atom stereocenters. The summed E-state index contributed by atoms with van der Waals surface area (Å²) in [6, 6.07) is 10.9. The van der Waals surface area contributed by atoms with Gasteiger partial charge in [0.25, 0.3) is 5.91 Å². The number of hydrogen-bond acceptors (Lipinski definition) is 5. The van der Waals surface area contributed by atoms with Crippen LogP contribution in [0.25, 0.3) is 0 Å². The quantitative estimate of drug-likeness (QED) is 0.775. The fourth-order valence-electron chi connectivity index (χ4n) is 2.76. The standard InChI is InChI=1S/C20H23N3O3/c1-2-12-26-18-7-5-16(6-8-18)20(24)22-15-17-4-3-9-21-19(17)23-10-13-25-14-11-23/h2-9H,1,10-15H2,(H,22,24). The van der Waals surface area contributed by atoms with E-state index in [0.717, 1.165) is 24.5 Å². The molecular weight excluding hydrogens is 330 g/mol. The number of rotatable bonds is 7. The van der Waals surface area contributed by atoms with Gasteiger partial charge in [0.05, 0.1) is 13.2 Å². The molecule has 0 aliphatic carbocycles. The largest absolute Gasteiger partial charge is 0.490 e. The van der Waals surface area contributed by atoms with Crippen molar-refractivity contribution < 1.29 is 14.3 Å². The Morgan fingerprint density at radius 2 is 2.04 bits per heavy atom. The van der Waals surface area contributed by atoms with Gasteiger partial charge in [0, 0.05) is 37.0 Å². The highest BCUT2D eigenvalue weighted by molar-refractivity contribution is 5.94. The number of pyridine rings is 1. The Bertz CT molecular complexity index is 740. The number of amides is 1. The summed E-state index contributed by atoms with van der Waals surface area (Å²) < 4.78 is 10.8. The van der Waals surface area contributed by atoms with E-state index in [1.807, 2.05) is 12.1 Å². The van der Waals surface area contributed by atoms with E-state index in [1.54, 1.807) is 36.5 Å². The van der Waals surface area contributed by atoms with Crippen LogP contribution in [0, 0.1) is 0 Å². The predicted octanol–water partition coefficient (Wildman–Crippen LogP) is 2.41. The number of anilines is 1. The van der Waals surface area contributed by atoms with Crippen molar-refractivity contribution in [1.29, 1.82) is 0 Å². The Morgan fingerprint density at radius 1 is 1.27 bits per heavy atom. The SMILES string of the molecule is C=CCOc1ccc(C(=O)NCc2cccnc2N2CCOCC2)cc1. The lowest BCUT2D eigenvalue weighted by atomic mass is 10.2. The number of carbonyl (C=O) groups is 1. The van der Waals surface area contributed by atoms with Crippen LogP contribution in [0.2, 0.25) is 0 Å². The van der Waals surface area contributed by atoms with Crippen molar-refractivity contribution in [2.24, 2.45) is 0 Å². The maximum atomic E-state index is 12.4. The first-order chi connectivity index (χ1) is 12.8. The van der Waals surface area contributed by atoms with E-state index in [4.69, 9.17) is 9.47 Å². The topological polar surface area (TPSA) is 63.7 Å². The van der Waals surface area contributed by atoms with Crippen molar-refractivity contribution >= 4 is 11.7 Å². The third-order valence-corrected chi connectivity index (χ3v) is 4.10. The summed E-state index contributed by atoms with van der Waals surface area (Å²) in [5.41, 5.74) is 1.58. The van der Waals surface area contributed by atoms with Crippen molar-refractivity contribution in [3.63, 3.8) is 0 Å². The van der Waals surface area contributed by atoms with Gasteiger partial charge in [0.1, 0.15) is 18.2 Å². The van der Waals surface area contributed by atoms with Gasteiger partial charge in [-0.15, -0.1) is 0 Å². The minimum absolute atomic E-state index is 0.128. The summed E-state index contributed by atoms with van der Waals surface area (Å²) >= 11 is 0. The van der Waals surface area contributed by atoms with Crippen molar-refractivity contribution in [2.75, 3.05) is 37.8 Å². The molecule has 6 nitrogen and oxygen atoms in total. The molecule has 3 rings (SSSR count). The zero-order valence-corrected chi connectivity index (χ0v) is 14.7. The summed E-state index contributed by atoms with van der Waals surface area (Å²) in [5.74, 6) is 1.49. The van der Waals surface area contributed by atoms with Gasteiger partial charge in [-0.05, 0) is 30.3 Å². The number of aromatic nitrogens is 1. The number of nitrogens with zero attached hydrogens (tertiary/aromatic N) is 2. The second-order valence-electron chi connectivity index (χ2n) is 5.89. The molecule has 1 aliphatic rings. The fourth-order valence-corrected chi connectivity index (χ4v) is 2.76. The average molecular weight is 353 g/mol. The van der Waals surface area contributed by atoms with Crippen molar-refractivity contribution in [3.05, 3.63) is 66.4 Å². The first kappa shape index (κ1) is 17.9. The van der Waals surface area contributed by atoms with E-state index in [-0.39, 0.29) is 5.91 Å². The number of hydrogen-bond donors (Lipinski definition) is 1. The fraction of sp³-hybridized carbons (Fsp3) is 0.300. The van der Waals surface area contributed by atoms with Gasteiger partial charge >= 0.3 is 0 Å². The highest BCUT2D eigenvalue weighted by Gasteiger charge is 2.16. The second-order valence-corrected chi connectivity index (χ2v) is 5.89. The third-order valence-electron chi connectivity index (χ3n) is 4.10. The van der Waals surface area contributed by atoms with Crippen LogP contribution < -0.4 is 15.0 Å². The van der Waals surface area contributed by atoms with Gasteiger partial charge in [0.2, 0.25) is 0 Å². The van der Waals surface area contributed by atoms with Gasteiger partial charge in [0.15, 0.2) is 0 Å². The van der Waals surface area contributed by atoms with E-state index < -0.39 is 0 Å². The van der Waals surface area contributed by atoms with Crippen molar-refractivity contribution in [3.8, 4) is 5.75 Å². The molecule has 26 heavy (non-hydrogen) atoms. The predicted molar refractivity (Wildman–Crippen MR) is 101 cm³/mol. The molecule has 0 unspecified atom stereocenters. The molecule has 1 saturated heterocycles. The molecule has 1 aliphatic heterocycles. The first-order valence-electron chi connectivity index (χ1n) is 8.66. The van der Waals surface area contributed by atoms with Gasteiger partial charge in [-0.25, -0.2) is 4.98 Å². The molecule has 136 valence electrons. The molecule has 0 saturated carbocycles. The first-order valence-corrected chi connectivity index (χ1v) is 8.66. The highest BCUT2D eigenvalue weighted by atomic mass is 16.5. The van der Waals surface area contributed by atoms with Crippen LogP contribution in [0.5, 0.6) is 5.75 Å². The molecule has 1 aromatic heterocycles. The van der Waals surface area contributed by atoms with Gasteiger partial charge in [-0.1, -0.05) is 18.7 Å². The van der Waals surface area contributed by atoms with E-state index in [2.05, 4.69) is 21.8 Å². The number of benzene rings is 1. The summed E-state index contributed by atoms with van der Waals surface area (Å²) in [6.45, 7) is 7.49. The van der Waals surface area contributed by atoms with Crippen molar-refractivity contribution in [2.45, 2.75) is 6.54 Å². The molecule has 0 radical (unpaired) electrons. The molecule has 2 heterocycles. The molecule has 1 N–H and O–H groups in total. The zero-order chi connectivity index (χ0) is 18.2. The van der Waals surface area contributed by atoms with Crippen LogP contribution in [0.1, 0.15) is 15.9 Å². The van der Waals surface area contributed by atoms with Crippen LogP contribution in [0.4, 0.5) is 5.82 Å². The van der Waals surface area contributed by atoms with E-state index in [1.165, 1.54) is 0 Å². The normalized spacial score (nSPS) is 13.9. The Morgan fingerprint density at radius 3 is 2.77 bits per heavy atom. The highest BCUT2D eigenvalue weighted by Crippen LogP contribution is 2.18. The van der Waals surface area contributed by atoms with Gasteiger partial charge in [-0.3, -0.25) is 4.79 Å². The smallest absolute Gasteiger partial charge is 0.251 e. The minimum atomic E-state index is -0.128. The molecule has 0 spiro atoms. The van der Waals surface area contributed by atoms with E-state index >= 15 is 0 Å². The maximum absolute atomic E-state index is 12.4. The third kappa shape index (κ3) is 4.61. The Kier molecular flexibility index (Phi) is 6.22. The minimum Gasteiger partial charge on any atom is -0.490 e. The number of nitrogens with one attached hydrogen (secondary N) is 1. The maximum Gasteiger partial charge on any atom is 0.251 e. The van der Waals surface area contributed by atoms with Crippen LogP contribution in [-0.4, -0.2) is 43.8 Å². The van der Waals surface area contributed by atoms with Gasteiger partial charge in [-0.2, -0.15) is 0 Å². The van der Waals surface area contributed by atoms with E-state index in [9.17, 15) is 4.79 Å². The van der Waals surface area contributed by atoms with Crippen molar-refractivity contribution in [1.82, 2.24) is 10.3 Å². The van der Waals surface area contributed by atoms with Crippen LogP contribution in [0.15, 0.2) is 55.3 Å². The lowest BCUT2D eigenvalue weighted by molar-refractivity contribution is 0.0950. The zero-order valence-electron chi connectivity index (χ0n) is 14.7. The molecule has 1 fully saturated rings. The molecule has 0 bridgehead atoms. The number of ether oxygens (including phenoxy) is 2. The summed E-state index contributed by atoms with van der Waals surface area (Å²) in [6.07, 6.45) is 3.46. The summed E-state index contributed by atoms with van der Waals surface area (Å²) in [7, 11) is 0. The molecular formula is C20H23N3O3. The second kappa shape index (κ2) is 9.01. The van der Waals surface area contributed by atoms with E-state index in [0.29, 0.717) is 37.7 Å². The monoisotopic (exact) mass is 353 g/mol. The lowest BCUT2D eigenvalue weighted by Crippen LogP contribution is -2.37. The Hall–Kier alpha value is -2.86. The summed E-state index contributed by atoms with van der Waals surface area (Å²) in [5, 5.41) is 2.96. The molecule has 1 aromatic carbocycles. The average Bonchev–Trinajstić information content (AvgIpc) is 2.71. The molecule has 1 amide bonds. The van der Waals surface area contributed by atoms with Crippen LogP contribution in [0.3, 0.4) is 0 Å². The lowest BCUT2D eigenvalue weighted by Gasteiger charge is -2.29. The summed E-state index contributed by atoms with van der Waals surface area (Å²) in [4.78, 5) is 19.1. The number of morpholine rings is 1. The number of carbonyl (C=O) groups excluding carboxylic acids is 1.